The van der Waals surface area contributed by atoms with Gasteiger partial charge in [0.2, 0.25) is 0 Å². The van der Waals surface area contributed by atoms with Crippen LogP contribution in [0.3, 0.4) is 0 Å². The van der Waals surface area contributed by atoms with E-state index in [1.54, 1.807) is 30.2 Å². The third-order valence-corrected chi connectivity index (χ3v) is 9.26. The van der Waals surface area contributed by atoms with Gasteiger partial charge in [-0.25, -0.2) is 9.79 Å². The third kappa shape index (κ3) is 6.23. The van der Waals surface area contributed by atoms with Crippen LogP contribution in [0.25, 0.3) is 6.08 Å². The molecule has 6 nitrogen and oxygen atoms in total. The highest BCUT2D eigenvalue weighted by Gasteiger charge is 2.33. The van der Waals surface area contributed by atoms with Crippen LogP contribution in [0.4, 0.5) is 0 Å². The number of nitrogens with zero attached hydrogens (tertiary/aromatic N) is 2. The Balaban J connectivity index is 1.53. The van der Waals surface area contributed by atoms with Gasteiger partial charge in [0.1, 0.15) is 12.4 Å². The summed E-state index contributed by atoms with van der Waals surface area (Å²) in [6.45, 7) is 4.10. The Hall–Kier alpha value is -3.11. The first-order valence-corrected chi connectivity index (χ1v) is 16.0. The Labute approximate surface area is 259 Å². The molecular weight excluding hydrogens is 644 g/mol. The van der Waals surface area contributed by atoms with Gasteiger partial charge in [-0.3, -0.25) is 9.36 Å². The maximum absolute atomic E-state index is 13.9. The van der Waals surface area contributed by atoms with Gasteiger partial charge in [0.25, 0.3) is 5.56 Å². The Morgan fingerprint density at radius 3 is 2.61 bits per heavy atom. The molecule has 0 bridgehead atoms. The number of esters is 1. The normalized spacial score (nSPS) is 15.0. The third-order valence-electron chi connectivity index (χ3n) is 6.54. The standard InChI is InChI=1S/C31H26BrClN2O4S2/c1-4-38-30(37)27-18(2)34-31-35(28(27)20-10-12-22(40-3)13-11-20)29(36)26(41-31)16-19-9-14-25(23(32)15-19)39-17-21-7-5-6-8-24(21)33/h5-16,28H,4,17H2,1-3H3/b26-16-/t28-/m0/s1. The summed E-state index contributed by atoms with van der Waals surface area (Å²) in [7, 11) is 0. The molecule has 0 unspecified atom stereocenters. The van der Waals surface area contributed by atoms with Crippen LogP contribution in [-0.4, -0.2) is 23.4 Å². The molecule has 1 aromatic heterocycles. The van der Waals surface area contributed by atoms with Crippen LogP contribution in [-0.2, 0) is 16.1 Å². The summed E-state index contributed by atoms with van der Waals surface area (Å²) in [6, 6.07) is 20.4. The van der Waals surface area contributed by atoms with Crippen LogP contribution in [0.2, 0.25) is 5.02 Å². The van der Waals surface area contributed by atoms with Gasteiger partial charge in [0, 0.05) is 15.5 Å². The number of thioether (sulfide) groups is 1. The first-order valence-electron chi connectivity index (χ1n) is 12.8. The number of hydrogen-bond donors (Lipinski definition) is 0. The molecule has 0 amide bonds. The van der Waals surface area contributed by atoms with E-state index in [1.165, 1.54) is 11.3 Å². The van der Waals surface area contributed by atoms with E-state index in [0.717, 1.165) is 26.1 Å². The van der Waals surface area contributed by atoms with E-state index in [-0.39, 0.29) is 12.2 Å². The fraction of sp³-hybridized carbons (Fsp3) is 0.194. The maximum Gasteiger partial charge on any atom is 0.338 e. The molecule has 41 heavy (non-hydrogen) atoms. The van der Waals surface area contributed by atoms with E-state index in [2.05, 4.69) is 20.9 Å². The van der Waals surface area contributed by atoms with Crippen LogP contribution in [0.15, 0.2) is 97.2 Å². The fourth-order valence-corrected chi connectivity index (χ4v) is 6.70. The second-order valence-electron chi connectivity index (χ2n) is 9.15. The minimum absolute atomic E-state index is 0.225. The van der Waals surface area contributed by atoms with Crippen molar-refractivity contribution in [2.75, 3.05) is 12.9 Å². The zero-order valence-corrected chi connectivity index (χ0v) is 26.5. The van der Waals surface area contributed by atoms with Crippen molar-refractivity contribution < 1.29 is 14.3 Å². The summed E-state index contributed by atoms with van der Waals surface area (Å²) in [5, 5.41) is 0.649. The van der Waals surface area contributed by atoms with Crippen molar-refractivity contribution in [3.63, 3.8) is 0 Å². The predicted octanol–water partition coefficient (Wildman–Crippen LogP) is 6.52. The van der Waals surface area contributed by atoms with E-state index >= 15 is 0 Å². The highest BCUT2D eigenvalue weighted by molar-refractivity contribution is 9.10. The summed E-state index contributed by atoms with van der Waals surface area (Å²) in [4.78, 5) is 33.2. The van der Waals surface area contributed by atoms with Crippen molar-refractivity contribution in [3.8, 4) is 5.75 Å². The molecule has 0 radical (unpaired) electrons. The van der Waals surface area contributed by atoms with Gasteiger partial charge in [0.05, 0.1) is 32.9 Å². The number of carbonyl (C=O) groups excluding carboxylic acids is 1. The molecule has 1 atom stereocenters. The Morgan fingerprint density at radius 1 is 1.17 bits per heavy atom. The molecule has 0 N–H and O–H groups in total. The molecular formula is C31H26BrClN2O4S2. The number of benzene rings is 3. The zero-order valence-electron chi connectivity index (χ0n) is 22.5. The Bertz CT molecular complexity index is 1830. The smallest absolute Gasteiger partial charge is 0.338 e. The van der Waals surface area contributed by atoms with Gasteiger partial charge < -0.3 is 9.47 Å². The van der Waals surface area contributed by atoms with E-state index in [1.807, 2.05) is 79.1 Å². The number of halogens is 2. The lowest BCUT2D eigenvalue weighted by Gasteiger charge is -2.24. The second-order valence-corrected chi connectivity index (χ2v) is 12.3. The maximum atomic E-state index is 13.9. The van der Waals surface area contributed by atoms with Gasteiger partial charge >= 0.3 is 5.97 Å². The lowest BCUT2D eigenvalue weighted by atomic mass is 9.96. The molecule has 1 aliphatic heterocycles. The molecule has 3 aromatic carbocycles. The SMILES string of the molecule is CCOC(=O)C1=C(C)N=c2s/c(=C\c3ccc(OCc4ccccc4Cl)c(Br)c3)c(=O)n2[C@H]1c1ccc(SC)cc1. The molecule has 0 spiro atoms. The van der Waals surface area contributed by atoms with Crippen LogP contribution in [0.1, 0.15) is 36.6 Å². The quantitative estimate of drug-likeness (QED) is 0.158. The minimum Gasteiger partial charge on any atom is -0.488 e. The molecule has 0 saturated heterocycles. The zero-order chi connectivity index (χ0) is 29.1. The Morgan fingerprint density at radius 2 is 1.93 bits per heavy atom. The monoisotopic (exact) mass is 668 g/mol. The average molecular weight is 670 g/mol. The van der Waals surface area contributed by atoms with E-state index in [4.69, 9.17) is 21.1 Å². The van der Waals surface area contributed by atoms with Gasteiger partial charge in [-0.1, -0.05) is 59.3 Å². The van der Waals surface area contributed by atoms with Crippen LogP contribution >= 0.6 is 50.6 Å². The number of fused-ring (bicyclic) bond motifs is 1. The first kappa shape index (κ1) is 29.4. The number of hydrogen-bond acceptors (Lipinski definition) is 7. The first-order chi connectivity index (χ1) is 19.8. The number of allylic oxidation sites excluding steroid dienone is 1. The molecule has 2 heterocycles. The molecule has 4 aromatic rings. The lowest BCUT2D eigenvalue weighted by molar-refractivity contribution is -0.139. The van der Waals surface area contributed by atoms with Crippen molar-refractivity contribution >= 4 is 62.7 Å². The number of carbonyl (C=O) groups is 1. The topological polar surface area (TPSA) is 69.9 Å². The van der Waals surface area contributed by atoms with Crippen LogP contribution < -0.4 is 19.6 Å². The van der Waals surface area contributed by atoms with Crippen molar-refractivity contribution in [2.24, 2.45) is 4.99 Å². The van der Waals surface area contributed by atoms with Crippen LogP contribution in [0, 0.1) is 0 Å². The fourth-order valence-electron chi connectivity index (χ4n) is 4.54. The molecule has 0 saturated carbocycles. The molecule has 1 aliphatic rings. The van der Waals surface area contributed by atoms with Crippen molar-refractivity contribution in [3.05, 3.63) is 124 Å². The minimum atomic E-state index is -0.643. The van der Waals surface area contributed by atoms with Gasteiger partial charge in [-0.15, -0.1) is 11.8 Å². The second kappa shape index (κ2) is 12.8. The Kier molecular flexibility index (Phi) is 9.19. The largest absolute Gasteiger partial charge is 0.488 e. The summed E-state index contributed by atoms with van der Waals surface area (Å²) in [5.74, 6) is 0.185. The number of thiazole rings is 1. The summed E-state index contributed by atoms with van der Waals surface area (Å²) in [6.07, 6.45) is 3.83. The van der Waals surface area contributed by atoms with E-state index in [0.29, 0.717) is 38.0 Å². The molecule has 10 heteroatoms. The summed E-state index contributed by atoms with van der Waals surface area (Å²) < 4.78 is 14.2. The highest BCUT2D eigenvalue weighted by atomic mass is 79.9. The van der Waals surface area contributed by atoms with Gasteiger partial charge in [-0.2, -0.15) is 0 Å². The summed E-state index contributed by atoms with van der Waals surface area (Å²) >= 11 is 12.8. The lowest BCUT2D eigenvalue weighted by Crippen LogP contribution is -2.39. The molecule has 210 valence electrons. The van der Waals surface area contributed by atoms with Gasteiger partial charge in [-0.05, 0) is 83.6 Å². The van der Waals surface area contributed by atoms with Crippen molar-refractivity contribution in [2.45, 2.75) is 31.4 Å². The van der Waals surface area contributed by atoms with E-state index < -0.39 is 12.0 Å². The van der Waals surface area contributed by atoms with Gasteiger partial charge in [0.15, 0.2) is 4.80 Å². The summed E-state index contributed by atoms with van der Waals surface area (Å²) in [5.41, 5.74) is 3.20. The van der Waals surface area contributed by atoms with E-state index in [9.17, 15) is 9.59 Å². The predicted molar refractivity (Wildman–Crippen MR) is 169 cm³/mol. The van der Waals surface area contributed by atoms with Crippen molar-refractivity contribution in [1.82, 2.24) is 4.57 Å². The number of aromatic nitrogens is 1. The molecule has 0 aliphatic carbocycles. The molecule has 5 rings (SSSR count). The number of ether oxygens (including phenoxy) is 2. The number of rotatable bonds is 8. The van der Waals surface area contributed by atoms with Crippen molar-refractivity contribution in [1.29, 1.82) is 0 Å². The highest BCUT2D eigenvalue weighted by Crippen LogP contribution is 2.32. The average Bonchev–Trinajstić information content (AvgIpc) is 3.26. The molecule has 0 fully saturated rings. The van der Waals surface area contributed by atoms with Crippen LogP contribution in [0.5, 0.6) is 5.75 Å².